The lowest BCUT2D eigenvalue weighted by Crippen LogP contribution is -2.53. The van der Waals surface area contributed by atoms with Gasteiger partial charge in [-0.25, -0.2) is 4.79 Å². The first-order chi connectivity index (χ1) is 15.1. The zero-order chi connectivity index (χ0) is 21.6. The fraction of sp³-hybridized carbons (Fsp3) is 0.417. The van der Waals surface area contributed by atoms with Crippen molar-refractivity contribution in [1.29, 1.82) is 0 Å². The molecule has 4 rings (SSSR count). The summed E-state index contributed by atoms with van der Waals surface area (Å²) in [7, 11) is 0. The van der Waals surface area contributed by atoms with Crippen LogP contribution in [0.5, 0.6) is 0 Å². The molecule has 0 bridgehead atoms. The Balaban J connectivity index is 1.26. The van der Waals surface area contributed by atoms with E-state index in [1.807, 2.05) is 47.4 Å². The van der Waals surface area contributed by atoms with Crippen LogP contribution in [0.25, 0.3) is 0 Å². The number of benzene rings is 2. The van der Waals surface area contributed by atoms with Crippen LogP contribution in [0.3, 0.4) is 0 Å². The number of nitrogens with one attached hydrogen (secondary N) is 1. The minimum Gasteiger partial charge on any atom is -0.340 e. The largest absolute Gasteiger partial charge is 0.340 e. The minimum atomic E-state index is -0.128. The number of rotatable bonds is 4. The molecule has 0 saturated carbocycles. The highest BCUT2D eigenvalue weighted by atomic mass is 35.5. The van der Waals surface area contributed by atoms with Crippen LogP contribution in [-0.4, -0.2) is 65.9 Å². The van der Waals surface area contributed by atoms with E-state index in [2.05, 4.69) is 22.3 Å². The van der Waals surface area contributed by atoms with Gasteiger partial charge in [-0.2, -0.15) is 0 Å². The Morgan fingerprint density at radius 3 is 2.32 bits per heavy atom. The van der Waals surface area contributed by atoms with Crippen molar-refractivity contribution in [1.82, 2.24) is 14.7 Å². The fourth-order valence-corrected chi connectivity index (χ4v) is 4.45. The van der Waals surface area contributed by atoms with E-state index < -0.39 is 0 Å². The molecule has 1 N–H and O–H groups in total. The molecule has 2 aromatic rings. The van der Waals surface area contributed by atoms with Crippen LogP contribution in [0.2, 0.25) is 5.02 Å². The van der Waals surface area contributed by atoms with Gasteiger partial charge in [-0.05, 0) is 42.7 Å². The minimum absolute atomic E-state index is 0.113. The van der Waals surface area contributed by atoms with Crippen molar-refractivity contribution in [3.63, 3.8) is 0 Å². The van der Waals surface area contributed by atoms with E-state index in [1.165, 1.54) is 5.56 Å². The summed E-state index contributed by atoms with van der Waals surface area (Å²) in [5, 5.41) is 3.68. The molecule has 2 heterocycles. The molecule has 2 fully saturated rings. The Hall–Kier alpha value is -2.57. The second-order valence-corrected chi connectivity index (χ2v) is 8.75. The van der Waals surface area contributed by atoms with Gasteiger partial charge in [0.2, 0.25) is 5.91 Å². The maximum atomic E-state index is 13.1. The van der Waals surface area contributed by atoms with Crippen molar-refractivity contribution in [3.05, 3.63) is 65.2 Å². The van der Waals surface area contributed by atoms with Crippen molar-refractivity contribution < 1.29 is 9.59 Å². The lowest BCUT2D eigenvalue weighted by Gasteiger charge is -2.39. The molecular weight excluding hydrogens is 412 g/mol. The molecule has 0 unspecified atom stereocenters. The smallest absolute Gasteiger partial charge is 0.321 e. The Kier molecular flexibility index (Phi) is 7.10. The molecule has 7 heteroatoms. The molecule has 2 aliphatic rings. The zero-order valence-electron chi connectivity index (χ0n) is 17.7. The van der Waals surface area contributed by atoms with Crippen LogP contribution in [0, 0.1) is 5.92 Å². The van der Waals surface area contributed by atoms with Crippen molar-refractivity contribution >= 4 is 29.2 Å². The lowest BCUT2D eigenvalue weighted by atomic mass is 9.96. The molecule has 2 aromatic carbocycles. The van der Waals surface area contributed by atoms with Crippen LogP contribution >= 0.6 is 11.6 Å². The van der Waals surface area contributed by atoms with Gasteiger partial charge in [0.05, 0.1) is 5.92 Å². The summed E-state index contributed by atoms with van der Waals surface area (Å²) in [5.74, 6) is 0.0708. The topological polar surface area (TPSA) is 55.9 Å². The first kappa shape index (κ1) is 21.7. The fourth-order valence-electron chi connectivity index (χ4n) is 4.32. The molecule has 0 aromatic heterocycles. The molecule has 0 aliphatic carbocycles. The van der Waals surface area contributed by atoms with Crippen molar-refractivity contribution in [3.8, 4) is 0 Å². The van der Waals surface area contributed by atoms with Gasteiger partial charge in [-0.3, -0.25) is 9.69 Å². The maximum absolute atomic E-state index is 13.1. The number of urea groups is 1. The summed E-state index contributed by atoms with van der Waals surface area (Å²) in [6.07, 6.45) is 1.70. The number of amides is 3. The normalized spacial score (nSPS) is 19.8. The van der Waals surface area contributed by atoms with E-state index in [9.17, 15) is 9.59 Å². The second-order valence-electron chi connectivity index (χ2n) is 8.31. The predicted octanol–water partition coefficient (Wildman–Crippen LogP) is 3.93. The lowest BCUT2D eigenvalue weighted by molar-refractivity contribution is -0.138. The number of hydrogen-bond acceptors (Lipinski definition) is 3. The van der Waals surface area contributed by atoms with E-state index in [1.54, 1.807) is 4.90 Å². The third-order valence-electron chi connectivity index (χ3n) is 6.09. The highest BCUT2D eigenvalue weighted by Crippen LogP contribution is 2.21. The van der Waals surface area contributed by atoms with E-state index in [0.717, 1.165) is 56.3 Å². The predicted molar refractivity (Wildman–Crippen MR) is 123 cm³/mol. The Morgan fingerprint density at radius 1 is 0.903 bits per heavy atom. The van der Waals surface area contributed by atoms with Crippen LogP contribution in [0.1, 0.15) is 18.4 Å². The van der Waals surface area contributed by atoms with Crippen LogP contribution in [0.15, 0.2) is 54.6 Å². The van der Waals surface area contributed by atoms with Gasteiger partial charge >= 0.3 is 6.03 Å². The summed E-state index contributed by atoms with van der Waals surface area (Å²) >= 11 is 5.97. The summed E-state index contributed by atoms with van der Waals surface area (Å²) in [6, 6.07) is 17.3. The third kappa shape index (κ3) is 5.77. The maximum Gasteiger partial charge on any atom is 0.321 e. The molecule has 164 valence electrons. The molecule has 6 nitrogen and oxygen atoms in total. The molecular formula is C24H29ClN4O2. The molecule has 0 spiro atoms. The number of anilines is 1. The van der Waals surface area contributed by atoms with Gasteiger partial charge < -0.3 is 15.1 Å². The molecule has 31 heavy (non-hydrogen) atoms. The van der Waals surface area contributed by atoms with Gasteiger partial charge in [0.15, 0.2) is 0 Å². The zero-order valence-corrected chi connectivity index (χ0v) is 18.4. The van der Waals surface area contributed by atoms with Crippen LogP contribution in [0.4, 0.5) is 10.5 Å². The highest BCUT2D eigenvalue weighted by molar-refractivity contribution is 6.30. The molecule has 2 saturated heterocycles. The molecule has 0 radical (unpaired) electrons. The average molecular weight is 441 g/mol. The number of nitrogens with zero attached hydrogens (tertiary/aromatic N) is 3. The third-order valence-corrected chi connectivity index (χ3v) is 6.34. The van der Waals surface area contributed by atoms with Gasteiger partial charge in [0.1, 0.15) is 0 Å². The van der Waals surface area contributed by atoms with E-state index >= 15 is 0 Å². The summed E-state index contributed by atoms with van der Waals surface area (Å²) in [5.41, 5.74) is 2.01. The number of piperidine rings is 1. The summed E-state index contributed by atoms with van der Waals surface area (Å²) in [4.78, 5) is 31.9. The van der Waals surface area contributed by atoms with Crippen molar-refractivity contribution in [2.24, 2.45) is 5.92 Å². The van der Waals surface area contributed by atoms with Gasteiger partial charge in [0.25, 0.3) is 0 Å². The van der Waals surface area contributed by atoms with Crippen molar-refractivity contribution in [2.75, 3.05) is 44.6 Å². The number of piperazine rings is 1. The quantitative estimate of drug-likeness (QED) is 0.783. The highest BCUT2D eigenvalue weighted by Gasteiger charge is 2.32. The van der Waals surface area contributed by atoms with E-state index in [-0.39, 0.29) is 17.9 Å². The van der Waals surface area contributed by atoms with Gasteiger partial charge in [0, 0.05) is 56.5 Å². The van der Waals surface area contributed by atoms with E-state index in [0.29, 0.717) is 13.1 Å². The number of likely N-dealkylation sites (tertiary alicyclic amines) is 1. The van der Waals surface area contributed by atoms with Crippen LogP contribution < -0.4 is 5.32 Å². The Morgan fingerprint density at radius 2 is 1.61 bits per heavy atom. The summed E-state index contributed by atoms with van der Waals surface area (Å²) < 4.78 is 0. The standard InChI is InChI=1S/C24H29ClN4O2/c25-21-10-8-19(9-11-21)17-27-13-15-28(16-14-27)23(30)20-5-4-12-29(18-20)24(31)26-22-6-2-1-3-7-22/h1-3,6-11,20H,4-5,12-18H2,(H,26,31)/t20-/m0/s1. The molecule has 3 amide bonds. The Labute approximate surface area is 188 Å². The monoisotopic (exact) mass is 440 g/mol. The van der Waals surface area contributed by atoms with Gasteiger partial charge in [-0.15, -0.1) is 0 Å². The second kappa shape index (κ2) is 10.2. The summed E-state index contributed by atoms with van der Waals surface area (Å²) in [6.45, 7) is 5.24. The first-order valence-electron chi connectivity index (χ1n) is 10.9. The number of para-hydroxylation sites is 1. The number of carbonyl (C=O) groups is 2. The Bertz CT molecular complexity index is 882. The number of carbonyl (C=O) groups excluding carboxylic acids is 2. The van der Waals surface area contributed by atoms with E-state index in [4.69, 9.17) is 11.6 Å². The first-order valence-corrected chi connectivity index (χ1v) is 11.3. The van der Waals surface area contributed by atoms with Gasteiger partial charge in [-0.1, -0.05) is 41.9 Å². The number of hydrogen-bond donors (Lipinski definition) is 1. The molecule has 2 aliphatic heterocycles. The number of halogens is 1. The van der Waals surface area contributed by atoms with Crippen LogP contribution in [-0.2, 0) is 11.3 Å². The average Bonchev–Trinajstić information content (AvgIpc) is 2.81. The molecule has 1 atom stereocenters. The SMILES string of the molecule is O=C(Nc1ccccc1)N1CCC[C@H](C(=O)N2CCN(Cc3ccc(Cl)cc3)CC2)C1. The van der Waals surface area contributed by atoms with Crippen molar-refractivity contribution in [2.45, 2.75) is 19.4 Å².